The molecule has 0 fully saturated rings. The fraction of sp³-hybridized carbons (Fsp3) is 0.615. The monoisotopic (exact) mass is 250 g/mol. The van der Waals surface area contributed by atoms with E-state index in [0.717, 1.165) is 6.54 Å². The first-order valence-electron chi connectivity index (χ1n) is 6.40. The molecule has 0 bridgehead atoms. The number of anilines is 1. The average molecular weight is 250 g/mol. The number of nitrogens with one attached hydrogen (secondary N) is 2. The van der Waals surface area contributed by atoms with Gasteiger partial charge in [-0.25, -0.2) is 0 Å². The van der Waals surface area contributed by atoms with E-state index in [9.17, 15) is 4.79 Å². The van der Waals surface area contributed by atoms with Gasteiger partial charge in [-0.2, -0.15) is 0 Å². The van der Waals surface area contributed by atoms with Gasteiger partial charge in [0.1, 0.15) is 5.82 Å². The Morgan fingerprint density at radius 3 is 2.50 bits per heavy atom. The molecule has 0 saturated heterocycles. The summed E-state index contributed by atoms with van der Waals surface area (Å²) in [6, 6.07) is 3.44. The summed E-state index contributed by atoms with van der Waals surface area (Å²) in [7, 11) is 0. The van der Waals surface area contributed by atoms with Gasteiger partial charge >= 0.3 is 0 Å². The number of hydrogen-bond donors (Lipinski definition) is 2. The summed E-state index contributed by atoms with van der Waals surface area (Å²) in [5.41, 5.74) is 0.354. The van der Waals surface area contributed by atoms with Crippen LogP contribution in [0.5, 0.6) is 0 Å². The van der Waals surface area contributed by atoms with E-state index >= 15 is 0 Å². The smallest absolute Gasteiger partial charge is 0.271 e. The fourth-order valence-corrected chi connectivity index (χ4v) is 1.31. The average Bonchev–Trinajstić information content (AvgIpc) is 2.36. The first-order chi connectivity index (χ1) is 8.54. The van der Waals surface area contributed by atoms with E-state index in [2.05, 4.69) is 41.6 Å². The minimum Gasteiger partial charge on any atom is -0.369 e. The van der Waals surface area contributed by atoms with Gasteiger partial charge in [0.15, 0.2) is 5.69 Å². The first kappa shape index (κ1) is 14.4. The number of carbonyl (C=O) groups excluding carboxylic acids is 1. The highest BCUT2D eigenvalue weighted by molar-refractivity contribution is 5.92. The highest BCUT2D eigenvalue weighted by atomic mass is 16.1. The van der Waals surface area contributed by atoms with Gasteiger partial charge in [-0.05, 0) is 30.9 Å². The van der Waals surface area contributed by atoms with Crippen LogP contribution < -0.4 is 10.6 Å². The molecule has 2 N–H and O–H groups in total. The van der Waals surface area contributed by atoms with Crippen LogP contribution in [0.4, 0.5) is 5.82 Å². The summed E-state index contributed by atoms with van der Waals surface area (Å²) in [5, 5.41) is 13.7. The highest BCUT2D eigenvalue weighted by Gasteiger charge is 2.11. The Labute approximate surface area is 108 Å². The predicted molar refractivity (Wildman–Crippen MR) is 72.5 cm³/mol. The first-order valence-corrected chi connectivity index (χ1v) is 6.40. The van der Waals surface area contributed by atoms with Gasteiger partial charge in [0, 0.05) is 13.1 Å². The molecule has 1 aromatic heterocycles. The molecule has 0 radical (unpaired) electrons. The molecule has 5 nitrogen and oxygen atoms in total. The molecule has 0 aromatic carbocycles. The number of carbonyl (C=O) groups is 1. The third kappa shape index (κ3) is 4.31. The number of hydrogen-bond acceptors (Lipinski definition) is 4. The summed E-state index contributed by atoms with van der Waals surface area (Å²) in [6.45, 7) is 9.82. The predicted octanol–water partition coefficient (Wildman–Crippen LogP) is 1.93. The maximum absolute atomic E-state index is 11.8. The van der Waals surface area contributed by atoms with Crippen molar-refractivity contribution in [2.75, 3.05) is 18.4 Å². The fourth-order valence-electron chi connectivity index (χ4n) is 1.31. The van der Waals surface area contributed by atoms with Crippen LogP contribution in [0.25, 0.3) is 0 Å². The SMILES string of the molecule is CCNc1ccc(C(=O)NCC(C)C(C)C)nn1. The van der Waals surface area contributed by atoms with E-state index in [1.165, 1.54) is 0 Å². The van der Waals surface area contributed by atoms with Crippen LogP contribution in [0.2, 0.25) is 0 Å². The Kier molecular flexibility index (Phi) is 5.55. The van der Waals surface area contributed by atoms with Crippen LogP contribution in [0.15, 0.2) is 12.1 Å². The zero-order valence-electron chi connectivity index (χ0n) is 11.5. The summed E-state index contributed by atoms with van der Waals surface area (Å²) in [5.74, 6) is 1.51. The van der Waals surface area contributed by atoms with Gasteiger partial charge in [-0.15, -0.1) is 10.2 Å². The van der Waals surface area contributed by atoms with E-state index in [1.807, 2.05) is 6.92 Å². The van der Waals surface area contributed by atoms with Crippen molar-refractivity contribution in [3.63, 3.8) is 0 Å². The van der Waals surface area contributed by atoms with Crippen molar-refractivity contribution in [2.45, 2.75) is 27.7 Å². The number of nitrogens with zero attached hydrogens (tertiary/aromatic N) is 2. The molecule has 1 heterocycles. The Bertz CT molecular complexity index is 375. The molecular formula is C13H22N4O. The van der Waals surface area contributed by atoms with Crippen molar-refractivity contribution in [2.24, 2.45) is 11.8 Å². The van der Waals surface area contributed by atoms with Crippen molar-refractivity contribution in [1.29, 1.82) is 0 Å². The van der Waals surface area contributed by atoms with E-state index in [1.54, 1.807) is 12.1 Å². The summed E-state index contributed by atoms with van der Waals surface area (Å²) < 4.78 is 0. The Morgan fingerprint density at radius 1 is 1.28 bits per heavy atom. The van der Waals surface area contributed by atoms with Crippen LogP contribution >= 0.6 is 0 Å². The second-order valence-electron chi connectivity index (χ2n) is 4.77. The van der Waals surface area contributed by atoms with Gasteiger partial charge in [-0.1, -0.05) is 20.8 Å². The lowest BCUT2D eigenvalue weighted by Crippen LogP contribution is -2.30. The quantitative estimate of drug-likeness (QED) is 0.809. The molecule has 1 atom stereocenters. The molecule has 0 aliphatic carbocycles. The minimum atomic E-state index is -0.168. The van der Waals surface area contributed by atoms with Gasteiger partial charge in [0.2, 0.25) is 0 Å². The van der Waals surface area contributed by atoms with Crippen molar-refractivity contribution in [3.05, 3.63) is 17.8 Å². The van der Waals surface area contributed by atoms with Crippen molar-refractivity contribution >= 4 is 11.7 Å². The Hall–Kier alpha value is -1.65. The van der Waals surface area contributed by atoms with Gasteiger partial charge in [-0.3, -0.25) is 4.79 Å². The molecule has 1 unspecified atom stereocenters. The zero-order valence-corrected chi connectivity index (χ0v) is 11.5. The lowest BCUT2D eigenvalue weighted by atomic mass is 9.98. The lowest BCUT2D eigenvalue weighted by Gasteiger charge is -2.15. The second kappa shape index (κ2) is 6.93. The topological polar surface area (TPSA) is 66.9 Å². The number of aromatic nitrogens is 2. The van der Waals surface area contributed by atoms with E-state index < -0.39 is 0 Å². The normalized spacial score (nSPS) is 12.3. The molecule has 5 heteroatoms. The summed E-state index contributed by atoms with van der Waals surface area (Å²) >= 11 is 0. The largest absolute Gasteiger partial charge is 0.369 e. The molecule has 0 spiro atoms. The van der Waals surface area contributed by atoms with Gasteiger partial charge < -0.3 is 10.6 Å². The standard InChI is InChI=1S/C13H22N4O/c1-5-14-12-7-6-11(16-17-12)13(18)15-8-10(4)9(2)3/h6-7,9-10H,5,8H2,1-4H3,(H,14,17)(H,15,18). The lowest BCUT2D eigenvalue weighted by molar-refractivity contribution is 0.0939. The van der Waals surface area contributed by atoms with Crippen LogP contribution in [-0.2, 0) is 0 Å². The molecule has 0 aliphatic rings. The van der Waals surface area contributed by atoms with Crippen molar-refractivity contribution in [1.82, 2.24) is 15.5 Å². The highest BCUT2D eigenvalue weighted by Crippen LogP contribution is 2.08. The third-order valence-electron chi connectivity index (χ3n) is 2.98. The van der Waals surface area contributed by atoms with E-state index in [0.29, 0.717) is 29.9 Å². The Morgan fingerprint density at radius 2 is 2.00 bits per heavy atom. The molecule has 1 aromatic rings. The van der Waals surface area contributed by atoms with E-state index in [-0.39, 0.29) is 5.91 Å². The van der Waals surface area contributed by atoms with Crippen LogP contribution in [0.3, 0.4) is 0 Å². The molecule has 0 saturated carbocycles. The van der Waals surface area contributed by atoms with Gasteiger partial charge in [0.05, 0.1) is 0 Å². The second-order valence-corrected chi connectivity index (χ2v) is 4.77. The number of rotatable bonds is 6. The van der Waals surface area contributed by atoms with Crippen LogP contribution in [0.1, 0.15) is 38.2 Å². The maximum atomic E-state index is 11.8. The molecule has 1 rings (SSSR count). The molecule has 18 heavy (non-hydrogen) atoms. The summed E-state index contributed by atoms with van der Waals surface area (Å²) in [6.07, 6.45) is 0. The van der Waals surface area contributed by atoms with Crippen LogP contribution in [0, 0.1) is 11.8 Å². The molecule has 0 aliphatic heterocycles. The van der Waals surface area contributed by atoms with Crippen molar-refractivity contribution in [3.8, 4) is 0 Å². The van der Waals surface area contributed by atoms with Gasteiger partial charge in [0.25, 0.3) is 5.91 Å². The summed E-state index contributed by atoms with van der Waals surface area (Å²) in [4.78, 5) is 11.8. The third-order valence-corrected chi connectivity index (χ3v) is 2.98. The Balaban J connectivity index is 2.51. The number of amides is 1. The molecule has 100 valence electrons. The maximum Gasteiger partial charge on any atom is 0.271 e. The minimum absolute atomic E-state index is 0.168. The molecule has 1 amide bonds. The van der Waals surface area contributed by atoms with E-state index in [4.69, 9.17) is 0 Å². The van der Waals surface area contributed by atoms with Crippen LogP contribution in [-0.4, -0.2) is 29.2 Å². The zero-order chi connectivity index (χ0) is 13.5. The van der Waals surface area contributed by atoms with Crippen molar-refractivity contribution < 1.29 is 4.79 Å². The molecular weight excluding hydrogens is 228 g/mol.